The second-order valence-electron chi connectivity index (χ2n) is 6.47. The number of amides is 2. The molecule has 2 amide bonds. The summed E-state index contributed by atoms with van der Waals surface area (Å²) in [7, 11) is 1.80. The van der Waals surface area contributed by atoms with Crippen LogP contribution in [0.3, 0.4) is 0 Å². The number of carbonyl (C=O) groups is 2. The van der Waals surface area contributed by atoms with Crippen LogP contribution in [0.5, 0.6) is 0 Å². The maximum atomic E-state index is 12.8. The molecule has 1 saturated heterocycles. The standard InChI is InChI=1S/C14H22N4O2/c1-8-10(7-17(6)16-8)18-9(2)12(19)15-11(13(18)20)14(3,4)5/h7,9,11H,1-6H3,(H,15,19). The highest BCUT2D eigenvalue weighted by molar-refractivity contribution is 6.08. The Hall–Kier alpha value is -1.85. The molecule has 6 heteroatoms. The predicted octanol–water partition coefficient (Wildman–Crippen LogP) is 0.995. The van der Waals surface area contributed by atoms with Gasteiger partial charge in [-0.1, -0.05) is 20.8 Å². The van der Waals surface area contributed by atoms with Crippen molar-refractivity contribution in [2.24, 2.45) is 12.5 Å². The number of aromatic nitrogens is 2. The van der Waals surface area contributed by atoms with Crippen LogP contribution in [0.4, 0.5) is 5.69 Å². The Bertz CT molecular complexity index is 556. The third-order valence-corrected chi connectivity index (χ3v) is 3.65. The van der Waals surface area contributed by atoms with Crippen molar-refractivity contribution in [1.29, 1.82) is 0 Å². The minimum atomic E-state index is -0.524. The topological polar surface area (TPSA) is 67.2 Å². The molecule has 2 unspecified atom stereocenters. The molecule has 0 radical (unpaired) electrons. The molecule has 1 aliphatic rings. The Morgan fingerprint density at radius 1 is 1.30 bits per heavy atom. The Labute approximate surface area is 119 Å². The molecule has 110 valence electrons. The molecular weight excluding hydrogens is 256 g/mol. The number of anilines is 1. The number of rotatable bonds is 1. The van der Waals surface area contributed by atoms with Crippen molar-refractivity contribution in [2.75, 3.05) is 4.90 Å². The van der Waals surface area contributed by atoms with Crippen molar-refractivity contribution in [1.82, 2.24) is 15.1 Å². The van der Waals surface area contributed by atoms with Crippen molar-refractivity contribution in [3.63, 3.8) is 0 Å². The fourth-order valence-corrected chi connectivity index (χ4v) is 2.51. The van der Waals surface area contributed by atoms with Crippen LogP contribution < -0.4 is 10.2 Å². The van der Waals surface area contributed by atoms with Gasteiger partial charge in [0.2, 0.25) is 5.91 Å². The first kappa shape index (κ1) is 14.6. The van der Waals surface area contributed by atoms with Crippen LogP contribution in [0.1, 0.15) is 33.4 Å². The zero-order valence-corrected chi connectivity index (χ0v) is 12.9. The average molecular weight is 278 g/mol. The van der Waals surface area contributed by atoms with Gasteiger partial charge in [-0.25, -0.2) is 0 Å². The number of aryl methyl sites for hydroxylation is 2. The van der Waals surface area contributed by atoms with Crippen LogP contribution >= 0.6 is 0 Å². The molecule has 0 spiro atoms. The van der Waals surface area contributed by atoms with E-state index >= 15 is 0 Å². The minimum absolute atomic E-state index is 0.0827. The lowest BCUT2D eigenvalue weighted by molar-refractivity contribution is -0.136. The summed E-state index contributed by atoms with van der Waals surface area (Å²) in [6, 6.07) is -1.05. The van der Waals surface area contributed by atoms with E-state index in [0.717, 1.165) is 5.69 Å². The number of carbonyl (C=O) groups excluding carboxylic acids is 2. The molecule has 2 heterocycles. The number of nitrogens with zero attached hydrogens (tertiary/aromatic N) is 3. The monoisotopic (exact) mass is 278 g/mol. The molecule has 1 aromatic rings. The molecule has 1 aromatic heterocycles. The molecular formula is C14H22N4O2. The lowest BCUT2D eigenvalue weighted by atomic mass is 9.84. The Morgan fingerprint density at radius 3 is 2.35 bits per heavy atom. The van der Waals surface area contributed by atoms with Crippen LogP contribution in [0.15, 0.2) is 6.20 Å². The van der Waals surface area contributed by atoms with Crippen molar-refractivity contribution >= 4 is 17.5 Å². The SMILES string of the molecule is Cc1nn(C)cc1N1C(=O)C(C(C)(C)C)NC(=O)C1C. The van der Waals surface area contributed by atoms with E-state index in [1.807, 2.05) is 27.7 Å². The van der Waals surface area contributed by atoms with Gasteiger partial charge in [-0.15, -0.1) is 0 Å². The Balaban J connectivity index is 2.46. The second-order valence-corrected chi connectivity index (χ2v) is 6.47. The summed E-state index contributed by atoms with van der Waals surface area (Å²) in [5.41, 5.74) is 1.12. The number of hydrogen-bond acceptors (Lipinski definition) is 3. The summed E-state index contributed by atoms with van der Waals surface area (Å²) in [5, 5.41) is 7.08. The molecule has 2 rings (SSSR count). The highest BCUT2D eigenvalue weighted by Crippen LogP contribution is 2.29. The Morgan fingerprint density at radius 2 is 1.90 bits per heavy atom. The molecule has 2 atom stereocenters. The largest absolute Gasteiger partial charge is 0.342 e. The average Bonchev–Trinajstić information content (AvgIpc) is 2.62. The van der Waals surface area contributed by atoms with Crippen molar-refractivity contribution in [2.45, 2.75) is 46.7 Å². The smallest absolute Gasteiger partial charge is 0.250 e. The van der Waals surface area contributed by atoms with E-state index in [9.17, 15) is 9.59 Å². The van der Waals surface area contributed by atoms with Crippen LogP contribution in [0.25, 0.3) is 0 Å². The van der Waals surface area contributed by atoms with Gasteiger partial charge in [0.25, 0.3) is 5.91 Å². The summed E-state index contributed by atoms with van der Waals surface area (Å²) < 4.78 is 1.66. The van der Waals surface area contributed by atoms with Gasteiger partial charge >= 0.3 is 0 Å². The van der Waals surface area contributed by atoms with Gasteiger partial charge in [0.1, 0.15) is 12.1 Å². The summed E-state index contributed by atoms with van der Waals surface area (Å²) in [4.78, 5) is 26.5. The normalized spacial score (nSPS) is 24.0. The summed E-state index contributed by atoms with van der Waals surface area (Å²) in [6.45, 7) is 9.41. The molecule has 1 N–H and O–H groups in total. The van der Waals surface area contributed by atoms with Crippen molar-refractivity contribution in [3.8, 4) is 0 Å². The summed E-state index contributed by atoms with van der Waals surface area (Å²) >= 11 is 0. The van der Waals surface area contributed by atoms with Gasteiger partial charge in [-0.3, -0.25) is 19.2 Å². The fourth-order valence-electron chi connectivity index (χ4n) is 2.51. The first-order valence-electron chi connectivity index (χ1n) is 6.76. The zero-order chi connectivity index (χ0) is 15.2. The molecule has 20 heavy (non-hydrogen) atoms. The van der Waals surface area contributed by atoms with Gasteiger partial charge in [-0.2, -0.15) is 5.10 Å². The van der Waals surface area contributed by atoms with E-state index in [-0.39, 0.29) is 17.2 Å². The summed E-state index contributed by atoms with van der Waals surface area (Å²) in [6.07, 6.45) is 1.78. The van der Waals surface area contributed by atoms with Crippen LogP contribution in [0.2, 0.25) is 0 Å². The molecule has 0 aliphatic carbocycles. The van der Waals surface area contributed by atoms with E-state index in [4.69, 9.17) is 0 Å². The van der Waals surface area contributed by atoms with Gasteiger partial charge in [-0.05, 0) is 19.3 Å². The lowest BCUT2D eigenvalue weighted by Crippen LogP contribution is -2.66. The van der Waals surface area contributed by atoms with E-state index in [2.05, 4.69) is 10.4 Å². The van der Waals surface area contributed by atoms with Crippen molar-refractivity contribution < 1.29 is 9.59 Å². The van der Waals surface area contributed by atoms with E-state index in [1.54, 1.807) is 29.7 Å². The van der Waals surface area contributed by atoms with Gasteiger partial charge < -0.3 is 5.32 Å². The van der Waals surface area contributed by atoms with Gasteiger partial charge in [0.15, 0.2) is 0 Å². The van der Waals surface area contributed by atoms with E-state index in [1.165, 1.54) is 0 Å². The third-order valence-electron chi connectivity index (χ3n) is 3.65. The summed E-state index contributed by atoms with van der Waals surface area (Å²) in [5.74, 6) is -0.214. The van der Waals surface area contributed by atoms with Gasteiger partial charge in [0.05, 0.1) is 11.4 Å². The molecule has 0 bridgehead atoms. The quantitative estimate of drug-likeness (QED) is 0.833. The highest BCUT2D eigenvalue weighted by Gasteiger charge is 2.44. The number of hydrogen-bond donors (Lipinski definition) is 1. The molecule has 0 aromatic carbocycles. The first-order valence-corrected chi connectivity index (χ1v) is 6.76. The maximum absolute atomic E-state index is 12.8. The highest BCUT2D eigenvalue weighted by atomic mass is 16.2. The molecule has 1 aliphatic heterocycles. The molecule has 1 fully saturated rings. The predicted molar refractivity (Wildman–Crippen MR) is 76.3 cm³/mol. The first-order chi connectivity index (χ1) is 9.12. The Kier molecular flexibility index (Phi) is 3.36. The maximum Gasteiger partial charge on any atom is 0.250 e. The minimum Gasteiger partial charge on any atom is -0.342 e. The zero-order valence-electron chi connectivity index (χ0n) is 12.9. The molecule has 6 nitrogen and oxygen atoms in total. The third kappa shape index (κ3) is 2.30. The van der Waals surface area contributed by atoms with E-state index < -0.39 is 12.1 Å². The van der Waals surface area contributed by atoms with Crippen LogP contribution in [-0.4, -0.2) is 33.7 Å². The molecule has 0 saturated carbocycles. The second kappa shape index (κ2) is 4.61. The number of nitrogens with one attached hydrogen (secondary N) is 1. The van der Waals surface area contributed by atoms with Crippen LogP contribution in [-0.2, 0) is 16.6 Å². The van der Waals surface area contributed by atoms with Gasteiger partial charge in [0, 0.05) is 13.2 Å². The van der Waals surface area contributed by atoms with Crippen molar-refractivity contribution in [3.05, 3.63) is 11.9 Å². The van der Waals surface area contributed by atoms with Crippen LogP contribution in [0, 0.1) is 12.3 Å². The van der Waals surface area contributed by atoms with E-state index in [0.29, 0.717) is 5.69 Å². The number of piperazine rings is 1. The fraction of sp³-hybridized carbons (Fsp3) is 0.643. The lowest BCUT2D eigenvalue weighted by Gasteiger charge is -2.41.